The van der Waals surface area contributed by atoms with E-state index in [-0.39, 0.29) is 5.69 Å². The highest BCUT2D eigenvalue weighted by atomic mass is 32.2. The van der Waals surface area contributed by atoms with Crippen LogP contribution in [0.1, 0.15) is 31.2 Å². The van der Waals surface area contributed by atoms with Crippen molar-refractivity contribution in [3.05, 3.63) is 34.2 Å². The Labute approximate surface area is 137 Å². The van der Waals surface area contributed by atoms with E-state index in [0.717, 1.165) is 45.7 Å². The number of aliphatic imine (C=N–C) groups is 1. The minimum Gasteiger partial charge on any atom is -0.306 e. The summed E-state index contributed by atoms with van der Waals surface area (Å²) in [5.74, 6) is 1.54. The molecule has 1 saturated carbocycles. The van der Waals surface area contributed by atoms with Gasteiger partial charge < -0.3 is 9.97 Å². The Morgan fingerprint density at radius 1 is 1.22 bits per heavy atom. The molecule has 120 valence electrons. The molecule has 0 bridgehead atoms. The van der Waals surface area contributed by atoms with Gasteiger partial charge in [-0.05, 0) is 30.9 Å². The normalized spacial score (nSPS) is 20.9. The predicted octanol–water partition coefficient (Wildman–Crippen LogP) is 2.44. The van der Waals surface area contributed by atoms with Gasteiger partial charge in [0, 0.05) is 17.9 Å². The Bertz CT molecular complexity index is 828. The largest absolute Gasteiger partial charge is 0.323 e. The maximum Gasteiger partial charge on any atom is 0.323 e. The van der Waals surface area contributed by atoms with Gasteiger partial charge in [-0.25, -0.2) is 4.79 Å². The number of fused-ring (bicyclic) bond motifs is 1. The first kappa shape index (κ1) is 14.6. The molecule has 7 heteroatoms. The highest BCUT2D eigenvalue weighted by Gasteiger charge is 2.17. The van der Waals surface area contributed by atoms with E-state index in [1.54, 1.807) is 11.8 Å². The first-order valence-electron chi connectivity index (χ1n) is 8.00. The number of thioether (sulfide) groups is 1. The quantitative estimate of drug-likeness (QED) is 0.808. The minimum absolute atomic E-state index is 0.184. The van der Waals surface area contributed by atoms with E-state index < -0.39 is 0 Å². The van der Waals surface area contributed by atoms with E-state index in [0.29, 0.717) is 0 Å². The Hall–Kier alpha value is -2.02. The second kappa shape index (κ2) is 6.23. The van der Waals surface area contributed by atoms with Crippen molar-refractivity contribution in [2.45, 2.75) is 25.7 Å². The zero-order valence-electron chi connectivity index (χ0n) is 12.8. The molecule has 0 radical (unpaired) electrons. The fraction of sp³-hybridized carbons (Fsp3) is 0.438. The van der Waals surface area contributed by atoms with Crippen molar-refractivity contribution in [2.75, 3.05) is 12.3 Å². The summed E-state index contributed by atoms with van der Waals surface area (Å²) in [6, 6.07) is 5.84. The summed E-state index contributed by atoms with van der Waals surface area (Å²) < 4.78 is 0. The van der Waals surface area contributed by atoms with Crippen LogP contribution in [0.5, 0.6) is 0 Å². The molecule has 4 rings (SSSR count). The van der Waals surface area contributed by atoms with Gasteiger partial charge in [-0.3, -0.25) is 10.4 Å². The van der Waals surface area contributed by atoms with E-state index in [1.165, 1.54) is 25.7 Å². The van der Waals surface area contributed by atoms with Gasteiger partial charge in [0.05, 0.1) is 16.7 Å². The monoisotopic (exact) mass is 329 g/mol. The van der Waals surface area contributed by atoms with Crippen LogP contribution in [0.3, 0.4) is 0 Å². The van der Waals surface area contributed by atoms with E-state index >= 15 is 0 Å². The Morgan fingerprint density at radius 3 is 2.83 bits per heavy atom. The second-order valence-electron chi connectivity index (χ2n) is 6.09. The zero-order valence-corrected chi connectivity index (χ0v) is 13.6. The molecule has 1 aliphatic carbocycles. The van der Waals surface area contributed by atoms with Gasteiger partial charge in [0.15, 0.2) is 5.17 Å². The number of aromatic amines is 2. The number of rotatable bonds is 3. The number of hydrogen-bond donors (Lipinski definition) is 3. The summed E-state index contributed by atoms with van der Waals surface area (Å²) in [7, 11) is 0. The maximum atomic E-state index is 11.3. The summed E-state index contributed by atoms with van der Waals surface area (Å²) in [5, 5.41) is 5.37. The topological polar surface area (TPSA) is 85.4 Å². The number of H-pyrrole nitrogens is 2. The van der Waals surface area contributed by atoms with Crippen molar-refractivity contribution >= 4 is 33.7 Å². The molecular formula is C16H19N5OS. The Kier molecular flexibility index (Phi) is 3.95. The molecule has 0 atom stereocenters. The molecular weight excluding hydrogens is 310 g/mol. The van der Waals surface area contributed by atoms with Gasteiger partial charge in [-0.1, -0.05) is 30.7 Å². The molecule has 1 fully saturated rings. The van der Waals surface area contributed by atoms with Crippen LogP contribution in [0.2, 0.25) is 0 Å². The van der Waals surface area contributed by atoms with Crippen LogP contribution in [-0.2, 0) is 0 Å². The van der Waals surface area contributed by atoms with Crippen molar-refractivity contribution in [2.24, 2.45) is 16.0 Å². The number of amidine groups is 1. The molecule has 0 saturated heterocycles. The molecule has 6 nitrogen and oxygen atoms in total. The van der Waals surface area contributed by atoms with Crippen LogP contribution in [0.15, 0.2) is 33.1 Å². The van der Waals surface area contributed by atoms with Crippen LogP contribution >= 0.6 is 11.8 Å². The molecule has 2 aliphatic rings. The number of aromatic nitrogens is 2. The van der Waals surface area contributed by atoms with Crippen molar-refractivity contribution in [3.8, 4) is 0 Å². The molecule has 3 N–H and O–H groups in total. The van der Waals surface area contributed by atoms with Gasteiger partial charge in [-0.15, -0.1) is 0 Å². The van der Waals surface area contributed by atoms with Crippen molar-refractivity contribution in [1.82, 2.24) is 15.4 Å². The van der Waals surface area contributed by atoms with E-state index in [9.17, 15) is 4.79 Å². The van der Waals surface area contributed by atoms with Crippen LogP contribution in [-0.4, -0.2) is 33.1 Å². The Balaban J connectivity index is 1.47. The number of nitrogens with zero attached hydrogens (tertiary/aromatic N) is 2. The highest BCUT2D eigenvalue weighted by Crippen LogP contribution is 2.25. The van der Waals surface area contributed by atoms with Gasteiger partial charge in [0.25, 0.3) is 0 Å². The molecule has 1 aromatic heterocycles. The highest BCUT2D eigenvalue weighted by molar-refractivity contribution is 8.14. The van der Waals surface area contributed by atoms with Crippen molar-refractivity contribution in [1.29, 1.82) is 0 Å². The van der Waals surface area contributed by atoms with Crippen LogP contribution in [0.4, 0.5) is 0 Å². The lowest BCUT2D eigenvalue weighted by atomic mass is 10.1. The summed E-state index contributed by atoms with van der Waals surface area (Å²) in [6.45, 7) is 0.913. The van der Waals surface area contributed by atoms with Crippen molar-refractivity contribution < 1.29 is 0 Å². The molecule has 23 heavy (non-hydrogen) atoms. The smallest absolute Gasteiger partial charge is 0.306 e. The van der Waals surface area contributed by atoms with Gasteiger partial charge >= 0.3 is 5.69 Å². The van der Waals surface area contributed by atoms with Crippen LogP contribution in [0.25, 0.3) is 11.0 Å². The zero-order chi connectivity index (χ0) is 15.6. The second-order valence-corrected chi connectivity index (χ2v) is 7.06. The fourth-order valence-electron chi connectivity index (χ4n) is 3.16. The van der Waals surface area contributed by atoms with Gasteiger partial charge in [0.1, 0.15) is 0 Å². The summed E-state index contributed by atoms with van der Waals surface area (Å²) in [4.78, 5) is 21.5. The standard InChI is InChI=1S/C16H19N5OS/c22-15-18-12-6-5-11(7-13(12)19-15)14-9-23-16(21-20-14)17-8-10-3-1-2-4-10/h5-7,10H,1-4,8-9H2,(H,17,21)(H2,18,19,22). The molecule has 0 unspecified atom stereocenters. The van der Waals surface area contributed by atoms with E-state index in [4.69, 9.17) is 0 Å². The first-order valence-corrected chi connectivity index (χ1v) is 8.99. The van der Waals surface area contributed by atoms with Crippen molar-refractivity contribution in [3.63, 3.8) is 0 Å². The maximum absolute atomic E-state index is 11.3. The lowest BCUT2D eigenvalue weighted by molar-refractivity contribution is 0.563. The number of hydrazone groups is 1. The molecule has 0 amide bonds. The third kappa shape index (κ3) is 3.19. The van der Waals surface area contributed by atoms with Gasteiger partial charge in [-0.2, -0.15) is 5.10 Å². The average molecular weight is 329 g/mol. The van der Waals surface area contributed by atoms with E-state index in [1.807, 2.05) is 18.2 Å². The summed E-state index contributed by atoms with van der Waals surface area (Å²) >= 11 is 1.69. The molecule has 1 aromatic carbocycles. The van der Waals surface area contributed by atoms with Crippen LogP contribution < -0.4 is 11.1 Å². The third-order valence-electron chi connectivity index (χ3n) is 4.45. The molecule has 2 heterocycles. The molecule has 2 aromatic rings. The number of benzene rings is 1. The Morgan fingerprint density at radius 2 is 2.04 bits per heavy atom. The predicted molar refractivity (Wildman–Crippen MR) is 95.3 cm³/mol. The average Bonchev–Trinajstić information content (AvgIpc) is 3.21. The fourth-order valence-corrected chi connectivity index (χ4v) is 3.94. The number of imidazole rings is 1. The number of nitrogens with one attached hydrogen (secondary N) is 3. The summed E-state index contributed by atoms with van der Waals surface area (Å²) in [6.07, 6.45) is 5.32. The minimum atomic E-state index is -0.184. The van der Waals surface area contributed by atoms with E-state index in [2.05, 4.69) is 25.5 Å². The molecule has 0 spiro atoms. The third-order valence-corrected chi connectivity index (χ3v) is 5.36. The van der Waals surface area contributed by atoms with Crippen LogP contribution in [0, 0.1) is 5.92 Å². The lowest BCUT2D eigenvalue weighted by Crippen LogP contribution is -2.26. The first-order chi connectivity index (χ1) is 11.3. The number of hydrogen-bond acceptors (Lipinski definition) is 4. The SMILES string of the molecule is O=c1[nH]c2ccc(C3=NNC(=NCC4CCCC4)SC3)cc2[nH]1. The lowest BCUT2D eigenvalue weighted by Gasteiger charge is -2.15. The van der Waals surface area contributed by atoms with Gasteiger partial charge in [0.2, 0.25) is 0 Å². The summed E-state index contributed by atoms with van der Waals surface area (Å²) in [5.41, 5.74) is 6.49. The molecule has 1 aliphatic heterocycles.